The molecule has 0 unspecified atom stereocenters. The van der Waals surface area contributed by atoms with Crippen LogP contribution in [0.25, 0.3) is 0 Å². The van der Waals surface area contributed by atoms with Gasteiger partial charge in [-0.25, -0.2) is 0 Å². The van der Waals surface area contributed by atoms with Crippen LogP contribution >= 0.6 is 31.9 Å². The quantitative estimate of drug-likeness (QED) is 0.828. The van der Waals surface area contributed by atoms with Crippen molar-refractivity contribution in [1.82, 2.24) is 14.7 Å². The molecular weight excluding hydrogens is 366 g/mol. The average molecular weight is 375 g/mol. The molecule has 0 radical (unpaired) electrons. The molecule has 0 aliphatic heterocycles. The highest BCUT2D eigenvalue weighted by molar-refractivity contribution is 9.11. The maximum Gasteiger partial charge on any atom is 0.265 e. The maximum absolute atomic E-state index is 11.9. The summed E-state index contributed by atoms with van der Waals surface area (Å²) in [7, 11) is 0. The topological polar surface area (TPSA) is 60.9 Å². The van der Waals surface area contributed by atoms with E-state index in [1.807, 2.05) is 0 Å². The van der Waals surface area contributed by atoms with E-state index in [0.29, 0.717) is 16.3 Å². The largest absolute Gasteiger partial charge is 0.337 e. The number of pyridine rings is 1. The van der Waals surface area contributed by atoms with Crippen LogP contribution in [0.2, 0.25) is 0 Å². The van der Waals surface area contributed by atoms with Crippen molar-refractivity contribution in [2.45, 2.75) is 25.3 Å². The summed E-state index contributed by atoms with van der Waals surface area (Å²) >= 11 is 6.56. The van der Waals surface area contributed by atoms with Gasteiger partial charge in [0.15, 0.2) is 5.82 Å². The minimum atomic E-state index is -0.121. The van der Waals surface area contributed by atoms with Crippen LogP contribution in [-0.2, 0) is 6.54 Å². The van der Waals surface area contributed by atoms with Crippen molar-refractivity contribution < 1.29 is 4.52 Å². The van der Waals surface area contributed by atoms with Gasteiger partial charge in [-0.05, 0) is 50.8 Å². The summed E-state index contributed by atoms with van der Waals surface area (Å²) in [5.74, 6) is 1.67. The van der Waals surface area contributed by atoms with E-state index in [0.717, 1.165) is 23.1 Å². The zero-order valence-electron chi connectivity index (χ0n) is 9.27. The Kier molecular flexibility index (Phi) is 3.11. The number of nitrogens with zero attached hydrogens (tertiary/aromatic N) is 3. The molecule has 2 aromatic rings. The van der Waals surface area contributed by atoms with Gasteiger partial charge in [0.25, 0.3) is 5.56 Å². The van der Waals surface area contributed by atoms with Crippen LogP contribution in [0, 0.1) is 0 Å². The van der Waals surface area contributed by atoms with Gasteiger partial charge in [-0.2, -0.15) is 4.98 Å². The summed E-state index contributed by atoms with van der Waals surface area (Å²) in [6.07, 6.45) is 3.96. The Morgan fingerprint density at radius 2 is 2.22 bits per heavy atom. The van der Waals surface area contributed by atoms with Gasteiger partial charge >= 0.3 is 0 Å². The molecule has 0 saturated heterocycles. The predicted octanol–water partition coefficient (Wildman–Crippen LogP) is 2.68. The Hall–Kier alpha value is -0.950. The molecule has 18 heavy (non-hydrogen) atoms. The van der Waals surface area contributed by atoms with Crippen molar-refractivity contribution in [1.29, 1.82) is 0 Å². The Morgan fingerprint density at radius 3 is 2.94 bits per heavy atom. The summed E-state index contributed by atoms with van der Waals surface area (Å²) < 4.78 is 7.99. The van der Waals surface area contributed by atoms with E-state index in [2.05, 4.69) is 42.0 Å². The van der Waals surface area contributed by atoms with Gasteiger partial charge < -0.3 is 9.09 Å². The van der Waals surface area contributed by atoms with Gasteiger partial charge in [0.05, 0.1) is 4.47 Å². The molecule has 2 heterocycles. The van der Waals surface area contributed by atoms with E-state index in [-0.39, 0.29) is 12.1 Å². The molecule has 0 spiro atoms. The molecule has 2 aromatic heterocycles. The minimum absolute atomic E-state index is 0.121. The Bertz CT molecular complexity index is 646. The first-order valence-electron chi connectivity index (χ1n) is 5.51. The first kappa shape index (κ1) is 12.1. The highest BCUT2D eigenvalue weighted by Crippen LogP contribution is 2.38. The van der Waals surface area contributed by atoms with Crippen molar-refractivity contribution in [2.24, 2.45) is 0 Å². The minimum Gasteiger partial charge on any atom is -0.337 e. The molecular formula is C11H9Br2N3O2. The van der Waals surface area contributed by atoms with Crippen LogP contribution < -0.4 is 5.56 Å². The molecule has 0 aromatic carbocycles. The SMILES string of the molecule is O=c1c(Br)cc(Br)cn1Cc1nc(C2CC2)no1. The first-order valence-corrected chi connectivity index (χ1v) is 7.10. The zero-order valence-corrected chi connectivity index (χ0v) is 12.4. The molecule has 5 nitrogen and oxygen atoms in total. The predicted molar refractivity (Wildman–Crippen MR) is 71.5 cm³/mol. The first-order chi connectivity index (χ1) is 8.63. The number of rotatable bonds is 3. The summed E-state index contributed by atoms with van der Waals surface area (Å²) in [6, 6.07) is 1.71. The second-order valence-corrected chi connectivity index (χ2v) is 6.03. The molecule has 7 heteroatoms. The van der Waals surface area contributed by atoms with Crippen molar-refractivity contribution in [3.8, 4) is 0 Å². The fraction of sp³-hybridized carbons (Fsp3) is 0.364. The fourth-order valence-electron chi connectivity index (χ4n) is 1.67. The highest BCUT2D eigenvalue weighted by atomic mass is 79.9. The zero-order chi connectivity index (χ0) is 12.7. The third kappa shape index (κ3) is 2.42. The molecule has 1 fully saturated rings. The van der Waals surface area contributed by atoms with E-state index in [1.54, 1.807) is 12.3 Å². The number of halogens is 2. The van der Waals surface area contributed by atoms with Crippen LogP contribution in [0.5, 0.6) is 0 Å². The van der Waals surface area contributed by atoms with Crippen molar-refractivity contribution in [3.05, 3.63) is 43.3 Å². The molecule has 0 N–H and O–H groups in total. The molecule has 1 aliphatic carbocycles. The normalized spacial score (nSPS) is 15.0. The molecule has 1 aliphatic rings. The van der Waals surface area contributed by atoms with E-state index < -0.39 is 0 Å². The lowest BCUT2D eigenvalue weighted by atomic mass is 10.4. The number of hydrogen-bond donors (Lipinski definition) is 0. The maximum atomic E-state index is 11.9. The fourth-order valence-corrected chi connectivity index (χ4v) is 2.93. The molecule has 0 atom stereocenters. The van der Waals surface area contributed by atoms with Crippen molar-refractivity contribution >= 4 is 31.9 Å². The second-order valence-electron chi connectivity index (χ2n) is 4.26. The molecule has 0 amide bonds. The third-order valence-corrected chi connectivity index (χ3v) is 3.74. The van der Waals surface area contributed by atoms with Gasteiger partial charge in [-0.15, -0.1) is 0 Å². The Morgan fingerprint density at radius 1 is 1.44 bits per heavy atom. The smallest absolute Gasteiger partial charge is 0.265 e. The van der Waals surface area contributed by atoms with Crippen LogP contribution in [-0.4, -0.2) is 14.7 Å². The number of hydrogen-bond acceptors (Lipinski definition) is 4. The summed E-state index contributed by atoms with van der Waals surface area (Å²) in [5.41, 5.74) is -0.121. The van der Waals surface area contributed by atoms with Crippen LogP contribution in [0.3, 0.4) is 0 Å². The van der Waals surface area contributed by atoms with Crippen LogP contribution in [0.1, 0.15) is 30.5 Å². The van der Waals surface area contributed by atoms with E-state index >= 15 is 0 Å². The number of aromatic nitrogens is 3. The van der Waals surface area contributed by atoms with Crippen LogP contribution in [0.15, 0.2) is 30.5 Å². The van der Waals surface area contributed by atoms with Gasteiger partial charge in [0.2, 0.25) is 5.89 Å². The molecule has 1 saturated carbocycles. The summed E-state index contributed by atoms with van der Waals surface area (Å²) in [5, 5.41) is 3.92. The van der Waals surface area contributed by atoms with Gasteiger partial charge in [0.1, 0.15) is 6.54 Å². The van der Waals surface area contributed by atoms with E-state index in [9.17, 15) is 4.79 Å². The Balaban J connectivity index is 1.89. The van der Waals surface area contributed by atoms with Gasteiger partial charge in [-0.1, -0.05) is 5.16 Å². The third-order valence-electron chi connectivity index (χ3n) is 2.74. The van der Waals surface area contributed by atoms with Gasteiger partial charge in [-0.3, -0.25) is 4.79 Å². The lowest BCUT2D eigenvalue weighted by Crippen LogP contribution is -2.20. The molecule has 0 bridgehead atoms. The van der Waals surface area contributed by atoms with Crippen LogP contribution in [0.4, 0.5) is 0 Å². The Labute approximate surface area is 119 Å². The summed E-state index contributed by atoms with van der Waals surface area (Å²) in [4.78, 5) is 16.2. The van der Waals surface area contributed by atoms with Gasteiger partial charge in [0, 0.05) is 16.6 Å². The monoisotopic (exact) mass is 373 g/mol. The summed E-state index contributed by atoms with van der Waals surface area (Å²) in [6.45, 7) is 0.288. The average Bonchev–Trinajstić information content (AvgIpc) is 3.07. The van der Waals surface area contributed by atoms with Crippen molar-refractivity contribution in [2.75, 3.05) is 0 Å². The lowest BCUT2D eigenvalue weighted by molar-refractivity contribution is 0.364. The van der Waals surface area contributed by atoms with Crippen molar-refractivity contribution in [3.63, 3.8) is 0 Å². The molecule has 94 valence electrons. The second kappa shape index (κ2) is 4.62. The van der Waals surface area contributed by atoms with E-state index in [4.69, 9.17) is 4.52 Å². The van der Waals surface area contributed by atoms with E-state index in [1.165, 1.54) is 4.57 Å². The highest BCUT2D eigenvalue weighted by Gasteiger charge is 2.28. The molecule has 3 rings (SSSR count). The standard InChI is InChI=1S/C11H9Br2N3O2/c12-7-3-8(13)11(17)16(4-7)5-9-14-10(15-18-9)6-1-2-6/h3-4,6H,1-2,5H2. The lowest BCUT2D eigenvalue weighted by Gasteiger charge is -2.03.